The van der Waals surface area contributed by atoms with E-state index in [4.69, 9.17) is 9.47 Å². The van der Waals surface area contributed by atoms with Gasteiger partial charge in [-0.15, -0.1) is 0 Å². The second kappa shape index (κ2) is 4.22. The molecule has 3 heteroatoms. The van der Waals surface area contributed by atoms with Crippen LogP contribution in [0.25, 0.3) is 0 Å². The van der Waals surface area contributed by atoms with Crippen LogP contribution in [0.3, 0.4) is 0 Å². The molecule has 1 N–H and O–H groups in total. The third-order valence-corrected chi connectivity index (χ3v) is 4.90. The van der Waals surface area contributed by atoms with Crippen LogP contribution >= 0.6 is 0 Å². The van der Waals surface area contributed by atoms with Crippen LogP contribution in [0.1, 0.15) is 46.0 Å². The van der Waals surface area contributed by atoms with Gasteiger partial charge in [0.15, 0.2) is 0 Å². The Bertz CT molecular complexity index is 284. The van der Waals surface area contributed by atoms with Crippen molar-refractivity contribution < 1.29 is 9.47 Å². The fourth-order valence-electron chi connectivity index (χ4n) is 3.68. The van der Waals surface area contributed by atoms with Crippen molar-refractivity contribution in [3.05, 3.63) is 0 Å². The van der Waals surface area contributed by atoms with Gasteiger partial charge in [-0.3, -0.25) is 5.32 Å². The minimum Gasteiger partial charge on any atom is -0.377 e. The SMILES string of the molecule is CC(C)C1CCCC2(C1)NC1(CCO2)COC1. The van der Waals surface area contributed by atoms with E-state index in [1.54, 1.807) is 0 Å². The summed E-state index contributed by atoms with van der Waals surface area (Å²) in [5.41, 5.74) is 0.215. The van der Waals surface area contributed by atoms with E-state index < -0.39 is 0 Å². The Balaban J connectivity index is 1.71. The lowest BCUT2D eigenvalue weighted by Crippen LogP contribution is -2.72. The van der Waals surface area contributed by atoms with E-state index >= 15 is 0 Å². The van der Waals surface area contributed by atoms with E-state index in [-0.39, 0.29) is 11.3 Å². The first-order valence-electron chi connectivity index (χ1n) is 7.14. The van der Waals surface area contributed by atoms with Gasteiger partial charge in [0.05, 0.1) is 25.4 Å². The Hall–Kier alpha value is -0.120. The Labute approximate surface area is 104 Å². The van der Waals surface area contributed by atoms with Crippen molar-refractivity contribution in [3.8, 4) is 0 Å². The standard InChI is InChI=1S/C14H25NO2/c1-11(2)12-4-3-5-14(8-12)15-13(6-7-17-14)9-16-10-13/h11-12,15H,3-10H2,1-2H3. The third-order valence-electron chi connectivity index (χ3n) is 4.90. The van der Waals surface area contributed by atoms with Crippen molar-refractivity contribution in [2.75, 3.05) is 19.8 Å². The van der Waals surface area contributed by atoms with Crippen LogP contribution < -0.4 is 5.32 Å². The summed E-state index contributed by atoms with van der Waals surface area (Å²) in [5, 5.41) is 3.82. The maximum atomic E-state index is 6.15. The zero-order valence-corrected chi connectivity index (χ0v) is 11.1. The van der Waals surface area contributed by atoms with Crippen LogP contribution in [-0.2, 0) is 9.47 Å². The van der Waals surface area contributed by atoms with Crippen LogP contribution in [0.2, 0.25) is 0 Å². The predicted octanol–water partition coefficient (Wildman–Crippen LogP) is 2.31. The minimum atomic E-state index is -0.0325. The van der Waals surface area contributed by atoms with E-state index in [0.29, 0.717) is 0 Å². The Kier molecular flexibility index (Phi) is 2.96. The van der Waals surface area contributed by atoms with Gasteiger partial charge in [0.1, 0.15) is 5.72 Å². The van der Waals surface area contributed by atoms with Crippen molar-refractivity contribution >= 4 is 0 Å². The van der Waals surface area contributed by atoms with Gasteiger partial charge >= 0.3 is 0 Å². The molecule has 0 aromatic heterocycles. The molecule has 3 fully saturated rings. The molecule has 2 spiro atoms. The lowest BCUT2D eigenvalue weighted by atomic mass is 9.75. The molecule has 1 aliphatic carbocycles. The molecule has 2 saturated heterocycles. The molecule has 17 heavy (non-hydrogen) atoms. The Morgan fingerprint density at radius 3 is 2.71 bits per heavy atom. The van der Waals surface area contributed by atoms with Gasteiger partial charge in [-0.05, 0) is 43.9 Å². The maximum Gasteiger partial charge on any atom is 0.120 e. The molecule has 2 unspecified atom stereocenters. The minimum absolute atomic E-state index is 0.0325. The molecule has 3 nitrogen and oxygen atoms in total. The predicted molar refractivity (Wildman–Crippen MR) is 66.8 cm³/mol. The van der Waals surface area contributed by atoms with E-state index in [1.165, 1.54) is 25.7 Å². The summed E-state index contributed by atoms with van der Waals surface area (Å²) in [6.07, 6.45) is 6.15. The van der Waals surface area contributed by atoms with Crippen LogP contribution in [0.5, 0.6) is 0 Å². The van der Waals surface area contributed by atoms with Gasteiger partial charge < -0.3 is 9.47 Å². The van der Waals surface area contributed by atoms with Crippen LogP contribution in [-0.4, -0.2) is 31.1 Å². The second-order valence-corrected chi connectivity index (χ2v) is 6.59. The molecular weight excluding hydrogens is 214 g/mol. The largest absolute Gasteiger partial charge is 0.377 e. The topological polar surface area (TPSA) is 30.5 Å². The first-order chi connectivity index (χ1) is 8.13. The third kappa shape index (κ3) is 2.13. The van der Waals surface area contributed by atoms with E-state index in [2.05, 4.69) is 19.2 Å². The number of hydrogen-bond donors (Lipinski definition) is 1. The summed E-state index contributed by atoms with van der Waals surface area (Å²) in [4.78, 5) is 0. The number of ether oxygens (including phenoxy) is 2. The molecule has 2 heterocycles. The average Bonchev–Trinajstić information content (AvgIpc) is 2.27. The quantitative estimate of drug-likeness (QED) is 0.761. The van der Waals surface area contributed by atoms with Crippen LogP contribution in [0, 0.1) is 11.8 Å². The van der Waals surface area contributed by atoms with Crippen LogP contribution in [0.4, 0.5) is 0 Å². The summed E-state index contributed by atoms with van der Waals surface area (Å²) < 4.78 is 11.6. The normalized spacial score (nSPS) is 40.8. The highest BCUT2D eigenvalue weighted by atomic mass is 16.5. The zero-order chi connectivity index (χ0) is 11.9. The Morgan fingerprint density at radius 2 is 2.06 bits per heavy atom. The van der Waals surface area contributed by atoms with Gasteiger partial charge in [0.25, 0.3) is 0 Å². The lowest BCUT2D eigenvalue weighted by Gasteiger charge is -2.55. The molecule has 0 aromatic carbocycles. The van der Waals surface area contributed by atoms with Crippen molar-refractivity contribution in [1.82, 2.24) is 5.32 Å². The first kappa shape index (κ1) is 11.9. The average molecular weight is 239 g/mol. The summed E-state index contributed by atoms with van der Waals surface area (Å²) in [6, 6.07) is 0. The molecule has 0 amide bonds. The highest BCUT2D eigenvalue weighted by Crippen LogP contribution is 2.42. The van der Waals surface area contributed by atoms with Crippen molar-refractivity contribution in [2.45, 2.75) is 57.2 Å². The number of hydrogen-bond acceptors (Lipinski definition) is 3. The number of rotatable bonds is 1. The van der Waals surface area contributed by atoms with Crippen molar-refractivity contribution in [2.24, 2.45) is 11.8 Å². The monoisotopic (exact) mass is 239 g/mol. The lowest BCUT2D eigenvalue weighted by molar-refractivity contribution is -0.212. The molecule has 3 aliphatic rings. The van der Waals surface area contributed by atoms with Crippen molar-refractivity contribution in [3.63, 3.8) is 0 Å². The van der Waals surface area contributed by atoms with Gasteiger partial charge in [0.2, 0.25) is 0 Å². The van der Waals surface area contributed by atoms with Gasteiger partial charge in [-0.25, -0.2) is 0 Å². The summed E-state index contributed by atoms with van der Waals surface area (Å²) in [7, 11) is 0. The Morgan fingerprint density at radius 1 is 1.24 bits per heavy atom. The van der Waals surface area contributed by atoms with E-state index in [1.807, 2.05) is 0 Å². The van der Waals surface area contributed by atoms with Gasteiger partial charge in [-0.2, -0.15) is 0 Å². The summed E-state index contributed by atoms with van der Waals surface area (Å²) in [5.74, 6) is 1.58. The highest BCUT2D eigenvalue weighted by Gasteiger charge is 2.50. The van der Waals surface area contributed by atoms with Crippen molar-refractivity contribution in [1.29, 1.82) is 0 Å². The van der Waals surface area contributed by atoms with Crippen LogP contribution in [0.15, 0.2) is 0 Å². The molecule has 1 saturated carbocycles. The highest BCUT2D eigenvalue weighted by molar-refractivity contribution is 5.03. The molecule has 0 aromatic rings. The summed E-state index contributed by atoms with van der Waals surface area (Å²) >= 11 is 0. The maximum absolute atomic E-state index is 6.15. The van der Waals surface area contributed by atoms with E-state index in [9.17, 15) is 0 Å². The van der Waals surface area contributed by atoms with Gasteiger partial charge in [-0.1, -0.05) is 13.8 Å². The molecule has 98 valence electrons. The fraction of sp³-hybridized carbons (Fsp3) is 1.00. The first-order valence-corrected chi connectivity index (χ1v) is 7.14. The fourth-order valence-corrected chi connectivity index (χ4v) is 3.68. The van der Waals surface area contributed by atoms with Gasteiger partial charge in [0, 0.05) is 0 Å². The molecule has 2 aliphatic heterocycles. The molecule has 0 radical (unpaired) electrons. The molecule has 2 atom stereocenters. The number of nitrogens with one attached hydrogen (secondary N) is 1. The molecule has 3 rings (SSSR count). The van der Waals surface area contributed by atoms with E-state index in [0.717, 1.165) is 38.1 Å². The molecular formula is C14H25NO2. The summed E-state index contributed by atoms with van der Waals surface area (Å²) in [6.45, 7) is 7.35. The molecule has 0 bridgehead atoms. The second-order valence-electron chi connectivity index (χ2n) is 6.59. The zero-order valence-electron chi connectivity index (χ0n) is 11.1. The smallest absolute Gasteiger partial charge is 0.120 e.